The van der Waals surface area contributed by atoms with Gasteiger partial charge in [-0.05, 0) is 23.7 Å². The summed E-state index contributed by atoms with van der Waals surface area (Å²) in [5.41, 5.74) is 0.584. The quantitative estimate of drug-likeness (QED) is 0.740. The van der Waals surface area contributed by atoms with E-state index in [1.165, 1.54) is 6.20 Å². The zero-order valence-electron chi connectivity index (χ0n) is 8.01. The van der Waals surface area contributed by atoms with Crippen molar-refractivity contribution in [1.82, 2.24) is 9.59 Å². The fourth-order valence-electron chi connectivity index (χ4n) is 1.17. The molecular formula is C10H8N2O2S. The topological polar surface area (TPSA) is 52.1 Å². The summed E-state index contributed by atoms with van der Waals surface area (Å²) < 4.78 is 8.69. The van der Waals surface area contributed by atoms with E-state index in [1.807, 2.05) is 0 Å². The molecule has 4 nitrogen and oxygen atoms in total. The third-order valence-corrected chi connectivity index (χ3v) is 2.58. The Morgan fingerprint density at radius 3 is 3.00 bits per heavy atom. The molecule has 5 heteroatoms. The van der Waals surface area contributed by atoms with Gasteiger partial charge in [0.1, 0.15) is 10.6 Å². The number of hydrogen-bond donors (Lipinski definition) is 0. The SMILES string of the molecule is COc1cccc(C(=O)c2cnns2)c1. The van der Waals surface area contributed by atoms with Crippen LogP contribution in [0.4, 0.5) is 0 Å². The Kier molecular flexibility index (Phi) is 2.73. The molecule has 0 aliphatic heterocycles. The minimum Gasteiger partial charge on any atom is -0.497 e. The highest BCUT2D eigenvalue weighted by Gasteiger charge is 2.11. The van der Waals surface area contributed by atoms with Crippen LogP contribution in [-0.4, -0.2) is 22.5 Å². The summed E-state index contributed by atoms with van der Waals surface area (Å²) in [6.07, 6.45) is 1.46. The fraction of sp³-hybridized carbons (Fsp3) is 0.100. The largest absolute Gasteiger partial charge is 0.497 e. The fourth-order valence-corrected chi connectivity index (χ4v) is 1.65. The molecule has 0 aliphatic rings. The van der Waals surface area contributed by atoms with Gasteiger partial charge in [-0.2, -0.15) is 0 Å². The third kappa shape index (κ3) is 2.02. The van der Waals surface area contributed by atoms with E-state index in [0.29, 0.717) is 16.2 Å². The van der Waals surface area contributed by atoms with Gasteiger partial charge in [0, 0.05) is 5.56 Å². The molecule has 1 heterocycles. The Morgan fingerprint density at radius 2 is 2.33 bits per heavy atom. The minimum atomic E-state index is -0.0797. The summed E-state index contributed by atoms with van der Waals surface area (Å²) in [4.78, 5) is 12.4. The molecule has 0 atom stereocenters. The van der Waals surface area contributed by atoms with Gasteiger partial charge in [0.15, 0.2) is 0 Å². The highest BCUT2D eigenvalue weighted by atomic mass is 32.1. The van der Waals surface area contributed by atoms with Gasteiger partial charge in [-0.15, -0.1) is 5.10 Å². The van der Waals surface area contributed by atoms with Crippen molar-refractivity contribution >= 4 is 17.3 Å². The average molecular weight is 220 g/mol. The van der Waals surface area contributed by atoms with Crippen LogP contribution in [0.1, 0.15) is 15.2 Å². The molecule has 1 aromatic carbocycles. The van der Waals surface area contributed by atoms with Gasteiger partial charge in [0.05, 0.1) is 13.3 Å². The van der Waals surface area contributed by atoms with Crippen molar-refractivity contribution in [3.05, 3.63) is 40.9 Å². The number of carbonyl (C=O) groups excluding carboxylic acids is 1. The summed E-state index contributed by atoms with van der Waals surface area (Å²) in [5.74, 6) is 0.585. The van der Waals surface area contributed by atoms with E-state index in [4.69, 9.17) is 4.74 Å². The summed E-state index contributed by atoms with van der Waals surface area (Å²) in [6.45, 7) is 0. The molecule has 0 fully saturated rings. The first kappa shape index (κ1) is 9.79. The lowest BCUT2D eigenvalue weighted by Gasteiger charge is -2.01. The molecule has 0 bridgehead atoms. The lowest BCUT2D eigenvalue weighted by molar-refractivity contribution is 0.104. The van der Waals surface area contributed by atoms with E-state index in [2.05, 4.69) is 9.59 Å². The number of rotatable bonds is 3. The van der Waals surface area contributed by atoms with Gasteiger partial charge < -0.3 is 4.74 Å². The molecule has 0 aliphatic carbocycles. The smallest absolute Gasteiger partial charge is 0.206 e. The summed E-state index contributed by atoms with van der Waals surface area (Å²) in [6, 6.07) is 7.01. The van der Waals surface area contributed by atoms with E-state index in [-0.39, 0.29) is 5.78 Å². The Labute approximate surface area is 90.7 Å². The second-order valence-electron chi connectivity index (χ2n) is 2.84. The normalized spacial score (nSPS) is 9.93. The van der Waals surface area contributed by atoms with Crippen molar-refractivity contribution < 1.29 is 9.53 Å². The van der Waals surface area contributed by atoms with Crippen LogP contribution in [0.5, 0.6) is 5.75 Å². The van der Waals surface area contributed by atoms with E-state index in [0.717, 1.165) is 11.5 Å². The molecule has 76 valence electrons. The number of nitrogens with zero attached hydrogens (tertiary/aromatic N) is 2. The molecule has 1 aromatic heterocycles. The Morgan fingerprint density at radius 1 is 1.47 bits per heavy atom. The molecule has 0 N–H and O–H groups in total. The van der Waals surface area contributed by atoms with Crippen LogP contribution in [0, 0.1) is 0 Å². The summed E-state index contributed by atoms with van der Waals surface area (Å²) in [7, 11) is 1.57. The van der Waals surface area contributed by atoms with Crippen LogP contribution in [-0.2, 0) is 0 Å². The second-order valence-corrected chi connectivity index (χ2v) is 3.63. The third-order valence-electron chi connectivity index (χ3n) is 1.92. The van der Waals surface area contributed by atoms with Gasteiger partial charge in [-0.3, -0.25) is 4.79 Å². The number of methoxy groups -OCH3 is 1. The second kappa shape index (κ2) is 4.18. The van der Waals surface area contributed by atoms with E-state index < -0.39 is 0 Å². The first-order valence-corrected chi connectivity index (χ1v) is 5.04. The predicted octanol–water partition coefficient (Wildman–Crippen LogP) is 1.78. The Balaban J connectivity index is 2.34. The van der Waals surface area contributed by atoms with E-state index >= 15 is 0 Å². The molecule has 0 unspecified atom stereocenters. The number of ether oxygens (including phenoxy) is 1. The lowest BCUT2D eigenvalue weighted by atomic mass is 10.1. The van der Waals surface area contributed by atoms with Crippen molar-refractivity contribution in [3.8, 4) is 5.75 Å². The molecule has 2 aromatic rings. The number of benzene rings is 1. The lowest BCUT2D eigenvalue weighted by Crippen LogP contribution is -1.98. The zero-order chi connectivity index (χ0) is 10.7. The standard InChI is InChI=1S/C10H8N2O2S/c1-14-8-4-2-3-7(5-8)10(13)9-6-11-12-15-9/h2-6H,1H3. The molecule has 15 heavy (non-hydrogen) atoms. The molecule has 2 rings (SSSR count). The molecule has 0 saturated carbocycles. The zero-order valence-corrected chi connectivity index (χ0v) is 8.82. The van der Waals surface area contributed by atoms with Gasteiger partial charge in [0.2, 0.25) is 5.78 Å². The molecular weight excluding hydrogens is 212 g/mol. The molecule has 0 amide bonds. The van der Waals surface area contributed by atoms with E-state index in [1.54, 1.807) is 31.4 Å². The number of aromatic nitrogens is 2. The van der Waals surface area contributed by atoms with Crippen molar-refractivity contribution in [1.29, 1.82) is 0 Å². The van der Waals surface area contributed by atoms with Crippen molar-refractivity contribution in [2.24, 2.45) is 0 Å². The van der Waals surface area contributed by atoms with Crippen LogP contribution in [0.25, 0.3) is 0 Å². The summed E-state index contributed by atoms with van der Waals surface area (Å²) in [5, 5.41) is 3.63. The Bertz CT molecular complexity index is 468. The number of hydrogen-bond acceptors (Lipinski definition) is 5. The van der Waals surface area contributed by atoms with Crippen LogP contribution in [0.15, 0.2) is 30.5 Å². The van der Waals surface area contributed by atoms with Crippen molar-refractivity contribution in [2.75, 3.05) is 7.11 Å². The van der Waals surface area contributed by atoms with Gasteiger partial charge >= 0.3 is 0 Å². The van der Waals surface area contributed by atoms with E-state index in [9.17, 15) is 4.79 Å². The molecule has 0 saturated heterocycles. The summed E-state index contributed by atoms with van der Waals surface area (Å²) >= 11 is 1.09. The average Bonchev–Trinajstić information content (AvgIpc) is 2.81. The maximum absolute atomic E-state index is 11.9. The highest BCUT2D eigenvalue weighted by Crippen LogP contribution is 2.17. The predicted molar refractivity (Wildman–Crippen MR) is 56.3 cm³/mol. The van der Waals surface area contributed by atoms with Crippen LogP contribution in [0.2, 0.25) is 0 Å². The first-order valence-electron chi connectivity index (χ1n) is 4.27. The minimum absolute atomic E-state index is 0.0797. The number of ketones is 1. The van der Waals surface area contributed by atoms with Crippen LogP contribution < -0.4 is 4.74 Å². The van der Waals surface area contributed by atoms with Crippen molar-refractivity contribution in [3.63, 3.8) is 0 Å². The van der Waals surface area contributed by atoms with Gasteiger partial charge in [-0.1, -0.05) is 16.6 Å². The maximum Gasteiger partial charge on any atom is 0.206 e. The van der Waals surface area contributed by atoms with Gasteiger partial charge in [0.25, 0.3) is 0 Å². The van der Waals surface area contributed by atoms with Crippen LogP contribution >= 0.6 is 11.5 Å². The number of carbonyl (C=O) groups is 1. The van der Waals surface area contributed by atoms with Crippen molar-refractivity contribution in [2.45, 2.75) is 0 Å². The monoisotopic (exact) mass is 220 g/mol. The van der Waals surface area contributed by atoms with Gasteiger partial charge in [-0.25, -0.2) is 0 Å². The maximum atomic E-state index is 11.9. The first-order chi connectivity index (χ1) is 7.31. The molecule has 0 spiro atoms. The molecule has 0 radical (unpaired) electrons. The highest BCUT2D eigenvalue weighted by molar-refractivity contribution is 7.08. The van der Waals surface area contributed by atoms with Crippen LogP contribution in [0.3, 0.4) is 0 Å². The Hall–Kier alpha value is -1.75.